The number of halogens is 2. The Balaban J connectivity index is 2.19. The zero-order valence-corrected chi connectivity index (χ0v) is 12.8. The van der Waals surface area contributed by atoms with Gasteiger partial charge in [0.05, 0.1) is 15.7 Å². The Morgan fingerprint density at radius 2 is 1.90 bits per heavy atom. The molecular formula is C15H15Cl2NO3. The van der Waals surface area contributed by atoms with Crippen LogP contribution in [0.4, 0.5) is 5.69 Å². The fourth-order valence-electron chi connectivity index (χ4n) is 2.34. The van der Waals surface area contributed by atoms with Gasteiger partial charge in [-0.15, -0.1) is 0 Å². The van der Waals surface area contributed by atoms with Crippen LogP contribution in [0.3, 0.4) is 0 Å². The van der Waals surface area contributed by atoms with Gasteiger partial charge in [-0.1, -0.05) is 34.9 Å². The van der Waals surface area contributed by atoms with Crippen LogP contribution >= 0.6 is 23.2 Å². The van der Waals surface area contributed by atoms with Crippen LogP contribution < -0.4 is 5.32 Å². The molecular weight excluding hydrogens is 313 g/mol. The average molecular weight is 328 g/mol. The molecule has 0 aromatic heterocycles. The Bertz CT molecular complexity index is 611. The Hall–Kier alpha value is -1.52. The van der Waals surface area contributed by atoms with Gasteiger partial charge in [0.1, 0.15) is 5.56 Å². The number of carboxylic acid groups (broad SMARTS) is 1. The summed E-state index contributed by atoms with van der Waals surface area (Å²) in [5.41, 5.74) is 0.946. The quantitative estimate of drug-likeness (QED) is 0.799. The van der Waals surface area contributed by atoms with Crippen LogP contribution in [0.2, 0.25) is 10.0 Å². The summed E-state index contributed by atoms with van der Waals surface area (Å²) in [5.74, 6) is -1.51. The standard InChI is InChI=1S/C15H15Cl2NO3/c16-10-6-7-11(17)14(13(10)15(20)21)18-12(19)8-9-4-2-1-3-5-9/h4,6-7H,1-3,5,8H2,(H,18,19)(H,20,21). The summed E-state index contributed by atoms with van der Waals surface area (Å²) in [7, 11) is 0. The number of hydrogen-bond acceptors (Lipinski definition) is 2. The molecule has 1 aromatic rings. The third-order valence-corrected chi connectivity index (χ3v) is 3.98. The minimum Gasteiger partial charge on any atom is -0.478 e. The number of hydrogen-bond donors (Lipinski definition) is 2. The van der Waals surface area contributed by atoms with Gasteiger partial charge in [0.25, 0.3) is 0 Å². The molecule has 1 aromatic carbocycles. The van der Waals surface area contributed by atoms with Crippen LogP contribution in [0.25, 0.3) is 0 Å². The fraction of sp³-hybridized carbons (Fsp3) is 0.333. The first-order chi connectivity index (χ1) is 9.99. The lowest BCUT2D eigenvalue weighted by atomic mass is 9.97. The molecule has 2 N–H and O–H groups in total. The highest BCUT2D eigenvalue weighted by molar-refractivity contribution is 6.38. The molecule has 1 aliphatic carbocycles. The Labute approximate surface area is 132 Å². The van der Waals surface area contributed by atoms with Crippen molar-refractivity contribution in [3.05, 3.63) is 39.4 Å². The summed E-state index contributed by atoms with van der Waals surface area (Å²) in [6.07, 6.45) is 6.44. The summed E-state index contributed by atoms with van der Waals surface area (Å²) in [5, 5.41) is 12.0. The first-order valence-electron chi connectivity index (χ1n) is 6.68. The van der Waals surface area contributed by atoms with E-state index in [1.807, 2.05) is 0 Å². The molecule has 4 nitrogen and oxygen atoms in total. The zero-order chi connectivity index (χ0) is 15.4. The van der Waals surface area contributed by atoms with Crippen molar-refractivity contribution in [1.29, 1.82) is 0 Å². The summed E-state index contributed by atoms with van der Waals surface area (Å²) in [6, 6.07) is 2.86. The van der Waals surface area contributed by atoms with Crippen molar-refractivity contribution >= 4 is 40.8 Å². The normalized spacial score (nSPS) is 14.5. The number of carbonyl (C=O) groups excluding carboxylic acids is 1. The van der Waals surface area contributed by atoms with Crippen molar-refractivity contribution in [1.82, 2.24) is 0 Å². The van der Waals surface area contributed by atoms with E-state index < -0.39 is 5.97 Å². The SMILES string of the molecule is O=C(CC1=CCCCC1)Nc1c(Cl)ccc(Cl)c1C(=O)O. The number of rotatable bonds is 4. The lowest BCUT2D eigenvalue weighted by molar-refractivity contribution is -0.115. The van der Waals surface area contributed by atoms with E-state index in [0.717, 1.165) is 31.3 Å². The molecule has 0 heterocycles. The largest absolute Gasteiger partial charge is 0.478 e. The first kappa shape index (κ1) is 15.9. The maximum absolute atomic E-state index is 12.1. The van der Waals surface area contributed by atoms with Crippen LogP contribution in [0.1, 0.15) is 42.5 Å². The summed E-state index contributed by atoms with van der Waals surface area (Å²) < 4.78 is 0. The van der Waals surface area contributed by atoms with Gasteiger partial charge in [0.2, 0.25) is 5.91 Å². The van der Waals surface area contributed by atoms with Gasteiger partial charge in [0.15, 0.2) is 0 Å². The number of carbonyl (C=O) groups is 2. The zero-order valence-electron chi connectivity index (χ0n) is 11.3. The van der Waals surface area contributed by atoms with Gasteiger partial charge in [-0.3, -0.25) is 4.79 Å². The molecule has 0 saturated heterocycles. The highest BCUT2D eigenvalue weighted by Gasteiger charge is 2.20. The van der Waals surface area contributed by atoms with Crippen molar-refractivity contribution in [2.75, 3.05) is 5.32 Å². The van der Waals surface area contributed by atoms with Gasteiger partial charge < -0.3 is 10.4 Å². The maximum Gasteiger partial charge on any atom is 0.339 e. The van der Waals surface area contributed by atoms with Gasteiger partial charge in [-0.25, -0.2) is 4.79 Å². The fourth-order valence-corrected chi connectivity index (χ4v) is 2.78. The van der Waals surface area contributed by atoms with Gasteiger partial charge in [0, 0.05) is 6.42 Å². The number of aromatic carboxylic acids is 1. The molecule has 0 bridgehead atoms. The van der Waals surface area contributed by atoms with Crippen molar-refractivity contribution in [2.24, 2.45) is 0 Å². The lowest BCUT2D eigenvalue weighted by Gasteiger charge is -2.14. The molecule has 0 fully saturated rings. The van der Waals surface area contributed by atoms with E-state index in [1.54, 1.807) is 0 Å². The van der Waals surface area contributed by atoms with E-state index in [4.69, 9.17) is 23.2 Å². The van der Waals surface area contributed by atoms with Gasteiger partial charge in [-0.05, 0) is 37.8 Å². The van der Waals surface area contributed by atoms with Crippen molar-refractivity contribution in [3.8, 4) is 0 Å². The Kier molecular flexibility index (Phi) is 5.26. The van der Waals surface area contributed by atoms with Crippen LogP contribution in [0, 0.1) is 0 Å². The minimum atomic E-state index is -1.23. The highest BCUT2D eigenvalue weighted by Crippen LogP contribution is 2.32. The summed E-state index contributed by atoms with van der Waals surface area (Å²) >= 11 is 11.9. The van der Waals surface area contributed by atoms with E-state index in [9.17, 15) is 14.7 Å². The van der Waals surface area contributed by atoms with E-state index in [-0.39, 0.29) is 33.6 Å². The maximum atomic E-state index is 12.1. The molecule has 0 unspecified atom stereocenters. The van der Waals surface area contributed by atoms with Crippen LogP contribution in [-0.2, 0) is 4.79 Å². The number of carboxylic acids is 1. The van der Waals surface area contributed by atoms with Gasteiger partial charge >= 0.3 is 5.97 Å². The third-order valence-electron chi connectivity index (χ3n) is 3.35. The predicted molar refractivity (Wildman–Crippen MR) is 83.2 cm³/mol. The molecule has 1 amide bonds. The van der Waals surface area contributed by atoms with Crippen LogP contribution in [0.15, 0.2) is 23.8 Å². The van der Waals surface area contributed by atoms with Crippen molar-refractivity contribution in [3.63, 3.8) is 0 Å². The molecule has 21 heavy (non-hydrogen) atoms. The van der Waals surface area contributed by atoms with Crippen molar-refractivity contribution in [2.45, 2.75) is 32.1 Å². The average Bonchev–Trinajstić information content (AvgIpc) is 2.43. The highest BCUT2D eigenvalue weighted by atomic mass is 35.5. The van der Waals surface area contributed by atoms with Crippen LogP contribution in [-0.4, -0.2) is 17.0 Å². The molecule has 0 radical (unpaired) electrons. The predicted octanol–water partition coefficient (Wildman–Crippen LogP) is 4.52. The summed E-state index contributed by atoms with van der Waals surface area (Å²) in [4.78, 5) is 23.3. The number of amides is 1. The van der Waals surface area contributed by atoms with E-state index >= 15 is 0 Å². The number of nitrogens with one attached hydrogen (secondary N) is 1. The number of benzene rings is 1. The third kappa shape index (κ3) is 3.99. The topological polar surface area (TPSA) is 66.4 Å². The van der Waals surface area contributed by atoms with Crippen LogP contribution in [0.5, 0.6) is 0 Å². The number of anilines is 1. The Morgan fingerprint density at radius 1 is 1.19 bits per heavy atom. The molecule has 1 aliphatic rings. The van der Waals surface area contributed by atoms with E-state index in [0.29, 0.717) is 0 Å². The van der Waals surface area contributed by atoms with E-state index in [2.05, 4.69) is 11.4 Å². The summed E-state index contributed by atoms with van der Waals surface area (Å²) in [6.45, 7) is 0. The lowest BCUT2D eigenvalue weighted by Crippen LogP contribution is -2.16. The molecule has 0 saturated carbocycles. The number of allylic oxidation sites excluding steroid dienone is 1. The van der Waals surface area contributed by atoms with Gasteiger partial charge in [-0.2, -0.15) is 0 Å². The second-order valence-electron chi connectivity index (χ2n) is 4.92. The molecule has 0 atom stereocenters. The van der Waals surface area contributed by atoms with Crippen molar-refractivity contribution < 1.29 is 14.7 Å². The first-order valence-corrected chi connectivity index (χ1v) is 7.43. The molecule has 0 aliphatic heterocycles. The minimum absolute atomic E-state index is 0.0408. The molecule has 2 rings (SSSR count). The molecule has 0 spiro atoms. The molecule has 112 valence electrons. The smallest absolute Gasteiger partial charge is 0.339 e. The Morgan fingerprint density at radius 3 is 2.52 bits per heavy atom. The monoisotopic (exact) mass is 327 g/mol. The second-order valence-corrected chi connectivity index (χ2v) is 5.73. The molecule has 6 heteroatoms. The second kappa shape index (κ2) is 6.96. The van der Waals surface area contributed by atoms with E-state index in [1.165, 1.54) is 12.1 Å².